The molecule has 0 radical (unpaired) electrons. The van der Waals surface area contributed by atoms with Crippen LogP contribution in [0.1, 0.15) is 31.8 Å². The largest absolute Gasteiger partial charge is 0.478 e. The molecule has 0 aliphatic carbocycles. The zero-order valence-corrected chi connectivity index (χ0v) is 15.5. The first-order valence-electron chi connectivity index (χ1n) is 8.89. The van der Waals surface area contributed by atoms with Crippen molar-refractivity contribution in [2.75, 3.05) is 5.73 Å². The summed E-state index contributed by atoms with van der Waals surface area (Å²) in [4.78, 5) is 47.9. The lowest BCUT2D eigenvalue weighted by molar-refractivity contribution is -0.130. The van der Waals surface area contributed by atoms with Gasteiger partial charge in [0.05, 0.1) is 22.4 Å². The fourth-order valence-electron chi connectivity index (χ4n) is 3.32. The summed E-state index contributed by atoms with van der Waals surface area (Å²) in [7, 11) is 0. The van der Waals surface area contributed by atoms with Gasteiger partial charge in [-0.25, -0.2) is 4.79 Å². The molecule has 0 spiro atoms. The average Bonchev–Trinajstić information content (AvgIpc) is 3.01. The minimum atomic E-state index is -1.07. The molecule has 3 aromatic rings. The SMILES string of the molecule is Nc1c2c(cc(=O)n1-c1ccc(C=C(C(=O)O)c3ccccc3)cc1)C(=O)NC2=O. The molecule has 0 bridgehead atoms. The van der Waals surface area contributed by atoms with Crippen LogP contribution in [0.25, 0.3) is 17.3 Å². The van der Waals surface area contributed by atoms with E-state index in [1.54, 1.807) is 54.6 Å². The van der Waals surface area contributed by atoms with Crippen molar-refractivity contribution in [2.24, 2.45) is 0 Å². The molecule has 8 nitrogen and oxygen atoms in total. The highest BCUT2D eigenvalue weighted by molar-refractivity contribution is 6.23. The number of carboxylic acid groups (broad SMARTS) is 1. The van der Waals surface area contributed by atoms with Crippen molar-refractivity contribution in [2.45, 2.75) is 0 Å². The summed E-state index contributed by atoms with van der Waals surface area (Å²) < 4.78 is 1.12. The molecule has 2 heterocycles. The minimum Gasteiger partial charge on any atom is -0.478 e. The monoisotopic (exact) mass is 401 g/mol. The van der Waals surface area contributed by atoms with Crippen molar-refractivity contribution < 1.29 is 19.5 Å². The first-order chi connectivity index (χ1) is 14.4. The predicted molar refractivity (Wildman–Crippen MR) is 110 cm³/mol. The van der Waals surface area contributed by atoms with Crippen molar-refractivity contribution in [3.05, 3.63) is 93.3 Å². The number of fused-ring (bicyclic) bond motifs is 1. The van der Waals surface area contributed by atoms with Crippen LogP contribution >= 0.6 is 0 Å². The van der Waals surface area contributed by atoms with Crippen LogP contribution in [0.5, 0.6) is 0 Å². The lowest BCUT2D eigenvalue weighted by Crippen LogP contribution is -2.24. The van der Waals surface area contributed by atoms with Crippen LogP contribution in [0.4, 0.5) is 5.82 Å². The smallest absolute Gasteiger partial charge is 0.336 e. The van der Waals surface area contributed by atoms with E-state index in [1.165, 1.54) is 6.08 Å². The number of nitrogens with zero attached hydrogens (tertiary/aromatic N) is 1. The Hall–Kier alpha value is -4.46. The number of nitrogens with two attached hydrogens (primary N) is 1. The topological polar surface area (TPSA) is 131 Å². The number of rotatable bonds is 4. The maximum absolute atomic E-state index is 12.5. The van der Waals surface area contributed by atoms with Crippen LogP contribution in [0.15, 0.2) is 65.5 Å². The summed E-state index contributed by atoms with van der Waals surface area (Å²) in [5, 5.41) is 11.6. The Morgan fingerprint density at radius 1 is 0.967 bits per heavy atom. The molecule has 30 heavy (non-hydrogen) atoms. The number of nitrogen functional groups attached to an aromatic ring is 1. The van der Waals surface area contributed by atoms with Gasteiger partial charge in [0.25, 0.3) is 17.4 Å². The van der Waals surface area contributed by atoms with Crippen LogP contribution in [0.3, 0.4) is 0 Å². The Morgan fingerprint density at radius 2 is 1.63 bits per heavy atom. The Morgan fingerprint density at radius 3 is 2.27 bits per heavy atom. The summed E-state index contributed by atoms with van der Waals surface area (Å²) in [5.74, 6) is -2.52. The third-order valence-electron chi connectivity index (χ3n) is 4.73. The normalized spacial score (nSPS) is 13.1. The maximum Gasteiger partial charge on any atom is 0.336 e. The number of carbonyl (C=O) groups excluding carboxylic acids is 2. The second kappa shape index (κ2) is 7.17. The highest BCUT2D eigenvalue weighted by Gasteiger charge is 2.31. The van der Waals surface area contributed by atoms with Gasteiger partial charge in [-0.15, -0.1) is 0 Å². The number of amides is 2. The first kappa shape index (κ1) is 18.9. The summed E-state index contributed by atoms with van der Waals surface area (Å²) in [6, 6.07) is 16.2. The van der Waals surface area contributed by atoms with E-state index in [0.29, 0.717) is 16.8 Å². The van der Waals surface area contributed by atoms with Crippen molar-refractivity contribution >= 4 is 35.3 Å². The second-order valence-corrected chi connectivity index (χ2v) is 6.60. The molecule has 4 rings (SSSR count). The number of hydrogen-bond donors (Lipinski definition) is 3. The quantitative estimate of drug-likeness (QED) is 0.348. The van der Waals surface area contributed by atoms with Gasteiger partial charge in [0.1, 0.15) is 5.82 Å². The first-order valence-corrected chi connectivity index (χ1v) is 8.89. The van der Waals surface area contributed by atoms with Crippen molar-refractivity contribution in [1.29, 1.82) is 0 Å². The number of benzene rings is 2. The van der Waals surface area contributed by atoms with E-state index in [4.69, 9.17) is 5.73 Å². The van der Waals surface area contributed by atoms with Gasteiger partial charge in [-0.1, -0.05) is 42.5 Å². The number of anilines is 1. The Balaban J connectivity index is 1.76. The van der Waals surface area contributed by atoms with E-state index in [2.05, 4.69) is 5.32 Å². The highest BCUT2D eigenvalue weighted by Crippen LogP contribution is 2.24. The van der Waals surface area contributed by atoms with E-state index in [0.717, 1.165) is 10.6 Å². The fourth-order valence-corrected chi connectivity index (χ4v) is 3.32. The third kappa shape index (κ3) is 3.16. The second-order valence-electron chi connectivity index (χ2n) is 6.60. The Kier molecular flexibility index (Phi) is 4.51. The minimum absolute atomic E-state index is 0.0409. The van der Waals surface area contributed by atoms with Crippen molar-refractivity contribution in [3.63, 3.8) is 0 Å². The van der Waals surface area contributed by atoms with E-state index in [9.17, 15) is 24.3 Å². The predicted octanol–water partition coefficient (Wildman–Crippen LogP) is 1.93. The molecule has 0 saturated heterocycles. The molecular weight excluding hydrogens is 386 g/mol. The molecule has 0 saturated carbocycles. The molecule has 2 amide bonds. The zero-order valence-electron chi connectivity index (χ0n) is 15.5. The molecule has 2 aromatic carbocycles. The van der Waals surface area contributed by atoms with Gasteiger partial charge >= 0.3 is 5.97 Å². The number of pyridine rings is 1. The van der Waals surface area contributed by atoms with E-state index in [1.807, 2.05) is 0 Å². The van der Waals surface area contributed by atoms with Crippen LogP contribution in [-0.4, -0.2) is 27.5 Å². The lowest BCUT2D eigenvalue weighted by atomic mass is 10.0. The summed E-state index contributed by atoms with van der Waals surface area (Å²) in [6.07, 6.45) is 1.52. The lowest BCUT2D eigenvalue weighted by Gasteiger charge is -2.12. The molecule has 1 aromatic heterocycles. The highest BCUT2D eigenvalue weighted by atomic mass is 16.4. The summed E-state index contributed by atoms with van der Waals surface area (Å²) >= 11 is 0. The molecule has 0 fully saturated rings. The summed E-state index contributed by atoms with van der Waals surface area (Å²) in [5.41, 5.74) is 7.02. The Bertz CT molecular complexity index is 1290. The molecule has 1 aliphatic heterocycles. The summed E-state index contributed by atoms with van der Waals surface area (Å²) in [6.45, 7) is 0. The van der Waals surface area contributed by atoms with Gasteiger partial charge in [0.2, 0.25) is 0 Å². The third-order valence-corrected chi connectivity index (χ3v) is 4.73. The van der Waals surface area contributed by atoms with E-state index in [-0.39, 0.29) is 22.5 Å². The molecular formula is C22H15N3O5. The van der Waals surface area contributed by atoms with Gasteiger partial charge in [-0.2, -0.15) is 0 Å². The van der Waals surface area contributed by atoms with Gasteiger partial charge in [-0.05, 0) is 29.3 Å². The Labute approximate surface area is 169 Å². The standard InChI is InChI=1S/C22H15N3O5/c23-19-18-16(20(27)24-21(18)28)11-17(26)25(19)14-8-6-12(7-9-14)10-15(22(29)30)13-4-2-1-3-5-13/h1-11H,23H2,(H,29,30)(H,24,27,28). The van der Waals surface area contributed by atoms with Gasteiger partial charge in [0.15, 0.2) is 0 Å². The van der Waals surface area contributed by atoms with Crippen LogP contribution in [-0.2, 0) is 4.79 Å². The van der Waals surface area contributed by atoms with Gasteiger partial charge < -0.3 is 10.8 Å². The number of imide groups is 1. The fraction of sp³-hybridized carbons (Fsp3) is 0. The maximum atomic E-state index is 12.5. The number of carbonyl (C=O) groups is 3. The molecule has 148 valence electrons. The number of hydrogen-bond acceptors (Lipinski definition) is 5. The van der Waals surface area contributed by atoms with Crippen molar-refractivity contribution in [1.82, 2.24) is 9.88 Å². The molecule has 0 unspecified atom stereocenters. The van der Waals surface area contributed by atoms with Crippen LogP contribution in [0.2, 0.25) is 0 Å². The van der Waals surface area contributed by atoms with Gasteiger partial charge in [-0.3, -0.25) is 24.3 Å². The van der Waals surface area contributed by atoms with Crippen LogP contribution < -0.4 is 16.6 Å². The number of nitrogens with one attached hydrogen (secondary N) is 1. The van der Waals surface area contributed by atoms with Crippen molar-refractivity contribution in [3.8, 4) is 5.69 Å². The average molecular weight is 401 g/mol. The zero-order chi connectivity index (χ0) is 21.4. The molecule has 8 heteroatoms. The number of aromatic nitrogens is 1. The molecule has 4 N–H and O–H groups in total. The number of carboxylic acids is 1. The number of aliphatic carboxylic acids is 1. The van der Waals surface area contributed by atoms with E-state index < -0.39 is 23.3 Å². The molecule has 1 aliphatic rings. The van der Waals surface area contributed by atoms with Gasteiger partial charge in [0, 0.05) is 6.07 Å². The molecule has 0 atom stereocenters. The van der Waals surface area contributed by atoms with Crippen LogP contribution in [0, 0.1) is 0 Å². The van der Waals surface area contributed by atoms with E-state index >= 15 is 0 Å².